The molecule has 0 amide bonds. The predicted molar refractivity (Wildman–Crippen MR) is 293 cm³/mol. The van der Waals surface area contributed by atoms with Gasteiger partial charge in [0.25, 0.3) is 0 Å². The van der Waals surface area contributed by atoms with Crippen molar-refractivity contribution in [2.24, 2.45) is 0 Å². The zero-order valence-corrected chi connectivity index (χ0v) is 43.8. The van der Waals surface area contributed by atoms with Gasteiger partial charge in [0.05, 0.1) is 0 Å². The van der Waals surface area contributed by atoms with Crippen LogP contribution in [0.15, 0.2) is 122 Å². The molecule has 0 heterocycles. The van der Waals surface area contributed by atoms with Gasteiger partial charge in [-0.25, -0.2) is 0 Å². The highest BCUT2D eigenvalue weighted by Crippen LogP contribution is 2.13. The van der Waals surface area contributed by atoms with Crippen molar-refractivity contribution in [3.8, 4) is 0 Å². The van der Waals surface area contributed by atoms with E-state index < -0.39 is 6.10 Å². The molecule has 0 aromatic heterocycles. The summed E-state index contributed by atoms with van der Waals surface area (Å²) in [5, 5.41) is 0. The highest BCUT2D eigenvalue weighted by Gasteiger charge is 2.19. The van der Waals surface area contributed by atoms with E-state index in [4.69, 9.17) is 14.2 Å². The zero-order chi connectivity index (χ0) is 49.3. The molecule has 0 aromatic carbocycles. The van der Waals surface area contributed by atoms with Crippen molar-refractivity contribution in [2.75, 3.05) is 13.2 Å². The van der Waals surface area contributed by atoms with Gasteiger partial charge in [0.1, 0.15) is 13.2 Å². The molecule has 0 rings (SSSR count). The van der Waals surface area contributed by atoms with Crippen LogP contribution in [0.3, 0.4) is 0 Å². The van der Waals surface area contributed by atoms with E-state index >= 15 is 0 Å². The lowest BCUT2D eigenvalue weighted by Crippen LogP contribution is -2.30. The van der Waals surface area contributed by atoms with Crippen LogP contribution < -0.4 is 0 Å². The monoisotopic (exact) mass is 941 g/mol. The molecule has 0 saturated heterocycles. The molecule has 0 aromatic rings. The van der Waals surface area contributed by atoms with Gasteiger partial charge in [-0.15, -0.1) is 0 Å². The number of hydrogen-bond acceptors (Lipinski definition) is 6. The van der Waals surface area contributed by atoms with E-state index in [1.54, 1.807) is 0 Å². The van der Waals surface area contributed by atoms with Crippen molar-refractivity contribution in [1.82, 2.24) is 0 Å². The van der Waals surface area contributed by atoms with Gasteiger partial charge in [-0.05, 0) is 109 Å². The van der Waals surface area contributed by atoms with Crippen LogP contribution in [0.4, 0.5) is 0 Å². The van der Waals surface area contributed by atoms with Crippen molar-refractivity contribution in [2.45, 2.75) is 239 Å². The van der Waals surface area contributed by atoms with Gasteiger partial charge < -0.3 is 14.2 Å². The lowest BCUT2D eigenvalue weighted by Gasteiger charge is -2.18. The van der Waals surface area contributed by atoms with Crippen LogP contribution in [0.2, 0.25) is 0 Å². The number of hydrogen-bond donors (Lipinski definition) is 0. The van der Waals surface area contributed by atoms with Crippen LogP contribution >= 0.6 is 0 Å². The highest BCUT2D eigenvalue weighted by atomic mass is 16.6. The molecule has 0 radical (unpaired) electrons. The summed E-state index contributed by atoms with van der Waals surface area (Å²) >= 11 is 0. The fourth-order valence-corrected chi connectivity index (χ4v) is 7.14. The summed E-state index contributed by atoms with van der Waals surface area (Å²) in [6.45, 7) is 6.34. The Kier molecular flexibility index (Phi) is 52.0. The second-order valence-corrected chi connectivity index (χ2v) is 17.7. The SMILES string of the molecule is CC/C=C\C/C=C\C/C=C\C/C=C\C/C=C\C/C=C\CCCCCCCCC(=O)OCC(COC(=O)CCCCCCCCCC)OC(=O)CCCCCC/C=C\C/C=C\C/C=C\C/C=C\CC. The Morgan fingerprint density at radius 3 is 0.897 bits per heavy atom. The Morgan fingerprint density at radius 1 is 0.309 bits per heavy atom. The minimum absolute atomic E-state index is 0.0949. The molecular formula is C62H100O6. The molecule has 0 fully saturated rings. The summed E-state index contributed by atoms with van der Waals surface area (Å²) < 4.78 is 16.8. The Bertz CT molecular complexity index is 1450. The zero-order valence-electron chi connectivity index (χ0n) is 43.8. The van der Waals surface area contributed by atoms with Crippen molar-refractivity contribution < 1.29 is 28.6 Å². The summed E-state index contributed by atoms with van der Waals surface area (Å²) in [5.41, 5.74) is 0. The summed E-state index contributed by atoms with van der Waals surface area (Å²) in [7, 11) is 0. The van der Waals surface area contributed by atoms with Crippen molar-refractivity contribution >= 4 is 17.9 Å². The second kappa shape index (κ2) is 55.4. The molecule has 1 unspecified atom stereocenters. The molecule has 0 bridgehead atoms. The minimum atomic E-state index is -0.798. The average molecular weight is 941 g/mol. The predicted octanol–water partition coefficient (Wildman–Crippen LogP) is 18.5. The number of ether oxygens (including phenoxy) is 3. The third-order valence-corrected chi connectivity index (χ3v) is 11.2. The minimum Gasteiger partial charge on any atom is -0.462 e. The molecule has 0 aliphatic rings. The number of esters is 3. The van der Waals surface area contributed by atoms with E-state index in [1.165, 1.54) is 44.9 Å². The molecule has 0 saturated carbocycles. The molecule has 6 nitrogen and oxygen atoms in total. The molecule has 384 valence electrons. The molecule has 1 atom stereocenters. The number of unbranched alkanes of at least 4 members (excludes halogenated alkanes) is 17. The fourth-order valence-electron chi connectivity index (χ4n) is 7.14. The summed E-state index contributed by atoms with van der Waals surface area (Å²) in [5.74, 6) is -0.943. The van der Waals surface area contributed by atoms with Gasteiger partial charge in [0, 0.05) is 19.3 Å². The van der Waals surface area contributed by atoms with Gasteiger partial charge in [-0.2, -0.15) is 0 Å². The lowest BCUT2D eigenvalue weighted by atomic mass is 10.1. The Balaban J connectivity index is 4.33. The highest BCUT2D eigenvalue weighted by molar-refractivity contribution is 5.71. The Morgan fingerprint density at radius 2 is 0.574 bits per heavy atom. The van der Waals surface area contributed by atoms with Gasteiger partial charge >= 0.3 is 17.9 Å². The smallest absolute Gasteiger partial charge is 0.306 e. The van der Waals surface area contributed by atoms with E-state index in [-0.39, 0.29) is 31.1 Å². The van der Waals surface area contributed by atoms with Crippen molar-refractivity contribution in [1.29, 1.82) is 0 Å². The van der Waals surface area contributed by atoms with Crippen molar-refractivity contribution in [3.63, 3.8) is 0 Å². The van der Waals surface area contributed by atoms with Crippen LogP contribution in [-0.4, -0.2) is 37.2 Å². The topological polar surface area (TPSA) is 78.9 Å². The van der Waals surface area contributed by atoms with E-state index in [0.717, 1.165) is 148 Å². The number of allylic oxidation sites excluding steroid dienone is 20. The first kappa shape index (κ1) is 63.8. The lowest BCUT2D eigenvalue weighted by molar-refractivity contribution is -0.167. The van der Waals surface area contributed by atoms with E-state index in [9.17, 15) is 14.4 Å². The van der Waals surface area contributed by atoms with Gasteiger partial charge in [-0.1, -0.05) is 226 Å². The molecule has 6 heteroatoms. The fraction of sp³-hybridized carbons (Fsp3) is 0.629. The molecular weight excluding hydrogens is 841 g/mol. The average Bonchev–Trinajstić information content (AvgIpc) is 3.34. The molecule has 0 aliphatic heterocycles. The number of rotatable bonds is 48. The van der Waals surface area contributed by atoms with E-state index in [2.05, 4.69) is 142 Å². The third kappa shape index (κ3) is 52.8. The molecule has 68 heavy (non-hydrogen) atoms. The van der Waals surface area contributed by atoms with E-state index in [0.29, 0.717) is 19.3 Å². The van der Waals surface area contributed by atoms with Crippen LogP contribution in [-0.2, 0) is 28.6 Å². The maximum absolute atomic E-state index is 12.8. The van der Waals surface area contributed by atoms with Gasteiger partial charge in [-0.3, -0.25) is 14.4 Å². The molecule has 0 aliphatic carbocycles. The van der Waals surface area contributed by atoms with Crippen LogP contribution in [0, 0.1) is 0 Å². The quantitative estimate of drug-likeness (QED) is 0.0262. The Labute approximate surface area is 418 Å². The second-order valence-electron chi connectivity index (χ2n) is 17.7. The van der Waals surface area contributed by atoms with Crippen LogP contribution in [0.1, 0.15) is 233 Å². The largest absolute Gasteiger partial charge is 0.462 e. The standard InChI is InChI=1S/C62H100O6/c1-4-7-10-13-16-19-21-23-25-27-28-29-30-31-32-33-34-36-37-39-41-43-46-49-52-55-61(64)67-58-59(57-66-60(63)54-51-48-45-18-15-12-9-6-3)68-62(65)56-53-50-47-44-42-40-38-35-26-24-22-20-17-14-11-8-5-2/h7-8,10-11,16-17,19-20,23-26,28-29,31-32,34,36,38,40,59H,4-6,9,12-15,18,21-22,27,30,33,35,37,39,41-58H2,1-3H3/b10-7-,11-8-,19-16-,20-17-,25-23-,26-24-,29-28-,32-31-,36-34-,40-38-. The summed E-state index contributed by atoms with van der Waals surface area (Å²) in [6, 6.07) is 0. The van der Waals surface area contributed by atoms with Crippen LogP contribution in [0.5, 0.6) is 0 Å². The first-order valence-corrected chi connectivity index (χ1v) is 27.5. The molecule has 0 spiro atoms. The van der Waals surface area contributed by atoms with Gasteiger partial charge in [0.15, 0.2) is 6.10 Å². The first-order chi connectivity index (χ1) is 33.5. The maximum atomic E-state index is 12.8. The van der Waals surface area contributed by atoms with E-state index in [1.807, 2.05) is 0 Å². The Hall–Kier alpha value is -4.19. The normalized spacial score (nSPS) is 13.0. The third-order valence-electron chi connectivity index (χ3n) is 11.2. The molecule has 0 N–H and O–H groups in total. The number of carbonyl (C=O) groups is 3. The van der Waals surface area contributed by atoms with Crippen molar-refractivity contribution in [3.05, 3.63) is 122 Å². The number of carbonyl (C=O) groups excluding carboxylic acids is 3. The first-order valence-electron chi connectivity index (χ1n) is 27.5. The maximum Gasteiger partial charge on any atom is 0.306 e. The summed E-state index contributed by atoms with van der Waals surface area (Å²) in [4.78, 5) is 38.0. The van der Waals surface area contributed by atoms with Crippen LogP contribution in [0.25, 0.3) is 0 Å². The summed E-state index contributed by atoms with van der Waals surface area (Å²) in [6.07, 6.45) is 76.2. The van der Waals surface area contributed by atoms with Gasteiger partial charge in [0.2, 0.25) is 0 Å².